The molecule has 24 heavy (non-hydrogen) atoms. The number of nitrogens with zero attached hydrogens (tertiary/aromatic N) is 1. The molecule has 6 heteroatoms. The Morgan fingerprint density at radius 3 is 2.46 bits per heavy atom. The van der Waals surface area contributed by atoms with Crippen molar-refractivity contribution in [1.82, 2.24) is 4.57 Å². The van der Waals surface area contributed by atoms with Crippen LogP contribution in [0.4, 0.5) is 4.39 Å². The van der Waals surface area contributed by atoms with Crippen molar-refractivity contribution in [2.24, 2.45) is 7.05 Å². The molecule has 0 atom stereocenters. The third-order valence-electron chi connectivity index (χ3n) is 4.18. The van der Waals surface area contributed by atoms with Crippen molar-refractivity contribution in [3.8, 4) is 5.75 Å². The normalized spacial score (nSPS) is 13.6. The van der Waals surface area contributed by atoms with Crippen LogP contribution in [-0.4, -0.2) is 23.2 Å². The van der Waals surface area contributed by atoms with Crippen LogP contribution in [0.1, 0.15) is 32.1 Å². The lowest BCUT2D eigenvalue weighted by molar-refractivity contribution is 0.0909. The van der Waals surface area contributed by atoms with Crippen molar-refractivity contribution >= 4 is 11.6 Å². The molecular formula is C18H16FNO4. The number of rotatable bonds is 4. The molecule has 0 fully saturated rings. The van der Waals surface area contributed by atoms with Crippen molar-refractivity contribution in [3.05, 3.63) is 64.4 Å². The number of allylic oxidation sites excluding steroid dienone is 2. The van der Waals surface area contributed by atoms with E-state index < -0.39 is 0 Å². The second kappa shape index (κ2) is 5.96. The predicted octanol–water partition coefficient (Wildman–Crippen LogP) is 2.96. The van der Waals surface area contributed by atoms with Gasteiger partial charge in [0.25, 0.3) is 0 Å². The van der Waals surface area contributed by atoms with Crippen LogP contribution in [0.15, 0.2) is 36.1 Å². The second-order valence-corrected chi connectivity index (χ2v) is 5.50. The van der Waals surface area contributed by atoms with Gasteiger partial charge in [-0.15, -0.1) is 0 Å². The first-order valence-corrected chi connectivity index (χ1v) is 7.35. The van der Waals surface area contributed by atoms with Gasteiger partial charge in [0.15, 0.2) is 11.5 Å². The molecule has 0 saturated heterocycles. The van der Waals surface area contributed by atoms with Crippen molar-refractivity contribution in [2.75, 3.05) is 7.11 Å². The van der Waals surface area contributed by atoms with E-state index in [0.29, 0.717) is 22.6 Å². The van der Waals surface area contributed by atoms with Gasteiger partial charge < -0.3 is 14.0 Å². The number of halogens is 1. The molecule has 1 aromatic carbocycles. The summed E-state index contributed by atoms with van der Waals surface area (Å²) in [7, 11) is 3.08. The number of aromatic nitrogens is 1. The van der Waals surface area contributed by atoms with Gasteiger partial charge in [0, 0.05) is 24.4 Å². The zero-order chi connectivity index (χ0) is 17.4. The Bertz CT molecular complexity index is 862. The maximum atomic E-state index is 12.9. The first-order chi connectivity index (χ1) is 11.4. The van der Waals surface area contributed by atoms with Crippen LogP contribution in [0.3, 0.4) is 0 Å². The van der Waals surface area contributed by atoms with Crippen molar-refractivity contribution in [1.29, 1.82) is 0 Å². The van der Waals surface area contributed by atoms with E-state index in [1.54, 1.807) is 11.6 Å². The van der Waals surface area contributed by atoms with Crippen LogP contribution in [0, 0.1) is 12.7 Å². The number of methoxy groups -OCH3 is 1. The zero-order valence-corrected chi connectivity index (χ0v) is 13.6. The molecule has 1 aliphatic rings. The van der Waals surface area contributed by atoms with Gasteiger partial charge in [-0.25, -0.2) is 4.39 Å². The van der Waals surface area contributed by atoms with Crippen LogP contribution in [0.5, 0.6) is 5.75 Å². The van der Waals surface area contributed by atoms with E-state index in [1.165, 1.54) is 37.5 Å². The molecule has 0 amide bonds. The zero-order valence-electron chi connectivity index (χ0n) is 13.6. The van der Waals surface area contributed by atoms with Crippen LogP contribution in [0.2, 0.25) is 0 Å². The highest BCUT2D eigenvalue weighted by Crippen LogP contribution is 2.30. The molecule has 0 saturated carbocycles. The summed E-state index contributed by atoms with van der Waals surface area (Å²) in [5.41, 5.74) is 2.04. The Labute approximate surface area is 138 Å². The SMILES string of the molecule is COC1=CC(=O)c2c(COc3ccc(F)cc3)c(C)n(C)c2C1=O. The topological polar surface area (TPSA) is 57.5 Å². The Kier molecular flexibility index (Phi) is 3.97. The first kappa shape index (κ1) is 16.0. The summed E-state index contributed by atoms with van der Waals surface area (Å²) in [5.74, 6) is -0.461. The van der Waals surface area contributed by atoms with Gasteiger partial charge in [-0.2, -0.15) is 0 Å². The summed E-state index contributed by atoms with van der Waals surface area (Å²) in [6.45, 7) is 1.92. The molecule has 0 N–H and O–H groups in total. The number of fused-ring (bicyclic) bond motifs is 1. The molecule has 1 heterocycles. The van der Waals surface area contributed by atoms with E-state index in [1.807, 2.05) is 6.92 Å². The number of carbonyl (C=O) groups is 2. The highest BCUT2D eigenvalue weighted by atomic mass is 19.1. The smallest absolute Gasteiger partial charge is 0.244 e. The van der Waals surface area contributed by atoms with Crippen molar-refractivity contribution < 1.29 is 23.5 Å². The fraction of sp³-hybridized carbons (Fsp3) is 0.222. The minimum Gasteiger partial charge on any atom is -0.492 e. The van der Waals surface area contributed by atoms with Gasteiger partial charge in [0.2, 0.25) is 5.78 Å². The largest absolute Gasteiger partial charge is 0.492 e. The molecule has 3 rings (SSSR count). The van der Waals surface area contributed by atoms with Gasteiger partial charge in [-0.3, -0.25) is 9.59 Å². The molecule has 1 aromatic heterocycles. The third-order valence-corrected chi connectivity index (χ3v) is 4.18. The van der Waals surface area contributed by atoms with Gasteiger partial charge in [-0.05, 0) is 31.2 Å². The van der Waals surface area contributed by atoms with Crippen LogP contribution in [-0.2, 0) is 18.4 Å². The third kappa shape index (κ3) is 2.50. The molecule has 5 nitrogen and oxygen atoms in total. The van der Waals surface area contributed by atoms with Crippen LogP contribution >= 0.6 is 0 Å². The quantitative estimate of drug-likeness (QED) is 0.865. The van der Waals surface area contributed by atoms with E-state index in [-0.39, 0.29) is 29.7 Å². The average Bonchev–Trinajstić information content (AvgIpc) is 2.83. The maximum Gasteiger partial charge on any atom is 0.244 e. The highest BCUT2D eigenvalue weighted by molar-refractivity contribution is 6.24. The van der Waals surface area contributed by atoms with Crippen molar-refractivity contribution in [3.63, 3.8) is 0 Å². The molecule has 1 aliphatic carbocycles. The number of hydrogen-bond acceptors (Lipinski definition) is 4. The minimum atomic E-state index is -0.353. The second-order valence-electron chi connectivity index (χ2n) is 5.50. The van der Waals surface area contributed by atoms with E-state index in [9.17, 15) is 14.0 Å². The molecule has 0 unspecified atom stereocenters. The molecule has 0 radical (unpaired) electrons. The van der Waals surface area contributed by atoms with E-state index in [4.69, 9.17) is 9.47 Å². The first-order valence-electron chi connectivity index (χ1n) is 7.35. The van der Waals surface area contributed by atoms with E-state index >= 15 is 0 Å². The summed E-state index contributed by atoms with van der Waals surface area (Å²) in [6.07, 6.45) is 1.20. The summed E-state index contributed by atoms with van der Waals surface area (Å²) in [4.78, 5) is 24.9. The molecule has 0 bridgehead atoms. The van der Waals surface area contributed by atoms with Gasteiger partial charge in [0.1, 0.15) is 23.9 Å². The summed E-state index contributed by atoms with van der Waals surface area (Å²) in [6, 6.07) is 5.61. The van der Waals surface area contributed by atoms with Crippen LogP contribution < -0.4 is 4.74 Å². The molecule has 124 valence electrons. The van der Waals surface area contributed by atoms with Gasteiger partial charge >= 0.3 is 0 Å². The minimum absolute atomic E-state index is 0.0269. The molecule has 0 aliphatic heterocycles. The Morgan fingerprint density at radius 2 is 1.83 bits per heavy atom. The Hall–Kier alpha value is -2.89. The number of ketones is 2. The number of ether oxygens (including phenoxy) is 2. The monoisotopic (exact) mass is 329 g/mol. The molecule has 2 aromatic rings. The fourth-order valence-corrected chi connectivity index (χ4v) is 2.78. The van der Waals surface area contributed by atoms with Gasteiger partial charge in [0.05, 0.1) is 12.7 Å². The van der Waals surface area contributed by atoms with Crippen LogP contribution in [0.25, 0.3) is 0 Å². The standard InChI is InChI=1S/C18H16FNO4/c1-10-13(9-24-12-6-4-11(19)5-7-12)16-14(21)8-15(23-3)18(22)17(16)20(10)2/h4-8H,9H2,1-3H3. The van der Waals surface area contributed by atoms with Crippen molar-refractivity contribution in [2.45, 2.75) is 13.5 Å². The lowest BCUT2D eigenvalue weighted by Gasteiger charge is -2.13. The Balaban J connectivity index is 1.97. The number of hydrogen-bond donors (Lipinski definition) is 0. The highest BCUT2D eigenvalue weighted by Gasteiger charge is 2.34. The summed E-state index contributed by atoms with van der Waals surface area (Å²) < 4.78 is 25.3. The van der Waals surface area contributed by atoms with E-state index in [0.717, 1.165) is 5.69 Å². The maximum absolute atomic E-state index is 12.9. The number of Topliss-reactive ketones (excluding diaryl/α,β-unsaturated/α-hetero) is 1. The molecular weight excluding hydrogens is 313 g/mol. The fourth-order valence-electron chi connectivity index (χ4n) is 2.78. The Morgan fingerprint density at radius 1 is 1.17 bits per heavy atom. The average molecular weight is 329 g/mol. The summed E-state index contributed by atoms with van der Waals surface area (Å²) in [5, 5.41) is 0. The lowest BCUT2D eigenvalue weighted by Crippen LogP contribution is -2.20. The van der Waals surface area contributed by atoms with Gasteiger partial charge in [-0.1, -0.05) is 0 Å². The molecule has 0 spiro atoms. The predicted molar refractivity (Wildman–Crippen MR) is 84.6 cm³/mol. The van der Waals surface area contributed by atoms with E-state index in [2.05, 4.69) is 0 Å². The number of carbonyl (C=O) groups excluding carboxylic acids is 2. The number of benzene rings is 1. The summed E-state index contributed by atoms with van der Waals surface area (Å²) >= 11 is 0. The lowest BCUT2D eigenvalue weighted by atomic mass is 9.96.